The van der Waals surface area contributed by atoms with Gasteiger partial charge in [0.15, 0.2) is 11.5 Å². The minimum absolute atomic E-state index is 0.0307. The number of ether oxygens (including phenoxy) is 3. The first-order chi connectivity index (χ1) is 12.8. The molecule has 27 heavy (non-hydrogen) atoms. The van der Waals surface area contributed by atoms with E-state index in [4.69, 9.17) is 14.2 Å². The van der Waals surface area contributed by atoms with Crippen molar-refractivity contribution in [2.45, 2.75) is 24.8 Å². The fourth-order valence-corrected chi connectivity index (χ4v) is 4.92. The minimum atomic E-state index is -3.83. The number of hydrogen-bond acceptors (Lipinski definition) is 6. The van der Waals surface area contributed by atoms with Gasteiger partial charge in [0, 0.05) is 10.5 Å². The van der Waals surface area contributed by atoms with E-state index in [0.29, 0.717) is 11.5 Å². The van der Waals surface area contributed by atoms with Crippen molar-refractivity contribution in [3.63, 3.8) is 0 Å². The van der Waals surface area contributed by atoms with Crippen LogP contribution >= 0.6 is 15.9 Å². The summed E-state index contributed by atoms with van der Waals surface area (Å²) >= 11 is 3.23. The van der Waals surface area contributed by atoms with Gasteiger partial charge in [0.25, 0.3) is 0 Å². The normalized spacial score (nSPS) is 14.0. The first-order valence-corrected chi connectivity index (χ1v) is 10.5. The lowest BCUT2D eigenvalue weighted by atomic mass is 10.1. The summed E-state index contributed by atoms with van der Waals surface area (Å²) in [5.41, 5.74) is 1.01. The lowest BCUT2D eigenvalue weighted by Crippen LogP contribution is -2.27. The van der Waals surface area contributed by atoms with Crippen LogP contribution < -0.4 is 14.2 Å². The van der Waals surface area contributed by atoms with Crippen molar-refractivity contribution in [1.29, 1.82) is 0 Å². The molecule has 1 heterocycles. The van der Waals surface area contributed by atoms with Crippen LogP contribution in [0.1, 0.15) is 35.8 Å². The Labute approximate surface area is 165 Å². The van der Waals surface area contributed by atoms with Gasteiger partial charge in [-0.15, -0.1) is 0 Å². The molecular formula is C18H18BrNO6S. The SMILES string of the molecule is CCOC(=O)c1ccc(S(=O)(=O)N[C@@H](C)c2ccc3c(c2)OCO3)c(Br)c1. The van der Waals surface area contributed by atoms with Crippen molar-refractivity contribution >= 4 is 31.9 Å². The van der Waals surface area contributed by atoms with Crippen molar-refractivity contribution in [2.24, 2.45) is 0 Å². The predicted molar refractivity (Wildman–Crippen MR) is 101 cm³/mol. The monoisotopic (exact) mass is 455 g/mol. The van der Waals surface area contributed by atoms with E-state index in [1.165, 1.54) is 18.2 Å². The lowest BCUT2D eigenvalue weighted by Gasteiger charge is -2.16. The Morgan fingerprint density at radius 1 is 1.22 bits per heavy atom. The topological polar surface area (TPSA) is 90.9 Å². The first kappa shape index (κ1) is 19.7. The number of sulfonamides is 1. The van der Waals surface area contributed by atoms with E-state index >= 15 is 0 Å². The molecule has 1 atom stereocenters. The summed E-state index contributed by atoms with van der Waals surface area (Å²) in [6.07, 6.45) is 0. The predicted octanol–water partition coefficient (Wildman–Crippen LogP) is 3.39. The fraction of sp³-hybridized carbons (Fsp3) is 0.278. The number of fused-ring (bicyclic) bond motifs is 1. The number of nitrogens with one attached hydrogen (secondary N) is 1. The molecule has 1 aliphatic heterocycles. The molecule has 7 nitrogen and oxygen atoms in total. The first-order valence-electron chi connectivity index (χ1n) is 8.20. The van der Waals surface area contributed by atoms with Crippen molar-refractivity contribution in [3.8, 4) is 11.5 Å². The molecular weight excluding hydrogens is 438 g/mol. The van der Waals surface area contributed by atoms with Crippen LogP contribution in [0, 0.1) is 0 Å². The second kappa shape index (κ2) is 7.87. The van der Waals surface area contributed by atoms with Gasteiger partial charge in [-0.2, -0.15) is 0 Å². The van der Waals surface area contributed by atoms with E-state index in [-0.39, 0.29) is 28.3 Å². The smallest absolute Gasteiger partial charge is 0.338 e. The third-order valence-electron chi connectivity index (χ3n) is 3.96. The van der Waals surface area contributed by atoms with E-state index in [1.807, 2.05) is 0 Å². The molecule has 0 spiro atoms. The van der Waals surface area contributed by atoms with Crippen LogP contribution in [0.25, 0.3) is 0 Å². The molecule has 0 fully saturated rings. The van der Waals surface area contributed by atoms with Gasteiger partial charge in [0.1, 0.15) is 0 Å². The number of halogens is 1. The maximum Gasteiger partial charge on any atom is 0.338 e. The number of rotatable bonds is 6. The second-order valence-corrected chi connectivity index (χ2v) is 8.36. The Bertz CT molecular complexity index is 976. The maximum atomic E-state index is 12.8. The molecule has 0 bridgehead atoms. The number of carbonyl (C=O) groups is 1. The van der Waals surface area contributed by atoms with Crippen LogP contribution in [0.3, 0.4) is 0 Å². The van der Waals surface area contributed by atoms with Gasteiger partial charge in [0.2, 0.25) is 16.8 Å². The van der Waals surface area contributed by atoms with Crippen molar-refractivity contribution in [2.75, 3.05) is 13.4 Å². The number of hydrogen-bond donors (Lipinski definition) is 1. The van der Waals surface area contributed by atoms with Gasteiger partial charge < -0.3 is 14.2 Å². The standard InChI is InChI=1S/C18H18BrNO6S/c1-3-24-18(21)13-5-7-17(14(19)8-13)27(22,23)20-11(2)12-4-6-15-16(9-12)26-10-25-15/h4-9,11,20H,3,10H2,1-2H3/t11-/m0/s1. The van der Waals surface area contributed by atoms with Gasteiger partial charge in [-0.3, -0.25) is 0 Å². The molecule has 0 saturated carbocycles. The molecule has 1 N–H and O–H groups in total. The molecule has 0 unspecified atom stereocenters. The molecule has 1 aliphatic rings. The lowest BCUT2D eigenvalue weighted by molar-refractivity contribution is 0.0526. The zero-order valence-electron chi connectivity index (χ0n) is 14.7. The highest BCUT2D eigenvalue weighted by atomic mass is 79.9. The Kier molecular flexibility index (Phi) is 5.73. The quantitative estimate of drug-likeness (QED) is 0.671. The van der Waals surface area contributed by atoms with Gasteiger partial charge in [0.05, 0.1) is 17.1 Å². The number of benzene rings is 2. The van der Waals surface area contributed by atoms with Crippen molar-refractivity contribution in [3.05, 3.63) is 52.0 Å². The number of esters is 1. The zero-order chi connectivity index (χ0) is 19.6. The summed E-state index contributed by atoms with van der Waals surface area (Å²) in [5, 5.41) is 0. The maximum absolute atomic E-state index is 12.8. The summed E-state index contributed by atoms with van der Waals surface area (Å²) in [5.74, 6) is 0.702. The Hall–Kier alpha value is -2.10. The van der Waals surface area contributed by atoms with Crippen LogP contribution in [0.2, 0.25) is 0 Å². The molecule has 9 heteroatoms. The highest BCUT2D eigenvalue weighted by Gasteiger charge is 2.23. The van der Waals surface area contributed by atoms with Gasteiger partial charge in [-0.25, -0.2) is 17.9 Å². The summed E-state index contributed by atoms with van der Waals surface area (Å²) in [6.45, 7) is 3.83. The van der Waals surface area contributed by atoms with Gasteiger partial charge in [-0.1, -0.05) is 6.07 Å². The fourth-order valence-electron chi connectivity index (χ4n) is 2.61. The molecule has 0 amide bonds. The highest BCUT2D eigenvalue weighted by Crippen LogP contribution is 2.34. The molecule has 0 saturated heterocycles. The molecule has 0 aromatic heterocycles. The van der Waals surface area contributed by atoms with E-state index in [9.17, 15) is 13.2 Å². The van der Waals surface area contributed by atoms with E-state index in [2.05, 4.69) is 20.7 Å². The summed E-state index contributed by atoms with van der Waals surface area (Å²) < 4.78 is 43.9. The Morgan fingerprint density at radius 2 is 1.96 bits per heavy atom. The van der Waals surface area contributed by atoms with Gasteiger partial charge >= 0.3 is 5.97 Å². The summed E-state index contributed by atoms with van der Waals surface area (Å²) in [6, 6.07) is 8.98. The highest BCUT2D eigenvalue weighted by molar-refractivity contribution is 9.10. The van der Waals surface area contributed by atoms with Crippen LogP contribution in [0.15, 0.2) is 45.8 Å². The average molecular weight is 456 g/mol. The van der Waals surface area contributed by atoms with Crippen molar-refractivity contribution in [1.82, 2.24) is 4.72 Å². The van der Waals surface area contributed by atoms with Crippen molar-refractivity contribution < 1.29 is 27.4 Å². The molecule has 3 rings (SSSR count). The third kappa shape index (κ3) is 4.26. The van der Waals surface area contributed by atoms with E-state index < -0.39 is 22.0 Å². The molecule has 2 aromatic rings. The van der Waals surface area contributed by atoms with Crippen LogP contribution in [0.4, 0.5) is 0 Å². The van der Waals surface area contributed by atoms with E-state index in [0.717, 1.165) is 5.56 Å². The Balaban J connectivity index is 1.81. The molecule has 2 aromatic carbocycles. The second-order valence-electron chi connectivity index (χ2n) is 5.82. The largest absolute Gasteiger partial charge is 0.462 e. The van der Waals surface area contributed by atoms with Crippen LogP contribution in [-0.2, 0) is 14.8 Å². The van der Waals surface area contributed by atoms with E-state index in [1.54, 1.807) is 32.0 Å². The molecule has 0 aliphatic carbocycles. The van der Waals surface area contributed by atoms with Gasteiger partial charge in [-0.05, 0) is 65.7 Å². The summed E-state index contributed by atoms with van der Waals surface area (Å²) in [7, 11) is -3.83. The minimum Gasteiger partial charge on any atom is -0.462 e. The molecule has 144 valence electrons. The zero-order valence-corrected chi connectivity index (χ0v) is 17.1. The summed E-state index contributed by atoms with van der Waals surface area (Å²) in [4.78, 5) is 11.8. The Morgan fingerprint density at radius 3 is 2.67 bits per heavy atom. The van der Waals surface area contributed by atoms with Crippen LogP contribution in [0.5, 0.6) is 11.5 Å². The third-order valence-corrected chi connectivity index (χ3v) is 6.48. The molecule has 0 radical (unpaired) electrons. The average Bonchev–Trinajstić information content (AvgIpc) is 3.08. The number of carbonyl (C=O) groups excluding carboxylic acids is 1. The van der Waals surface area contributed by atoms with Crippen LogP contribution in [-0.4, -0.2) is 27.8 Å².